The topological polar surface area (TPSA) is 175 Å². The summed E-state index contributed by atoms with van der Waals surface area (Å²) in [7, 11) is 0. The van der Waals surface area contributed by atoms with E-state index >= 15 is 0 Å². The highest BCUT2D eigenvalue weighted by atomic mass is 16.6. The molecular formula is C56H85N5O6. The van der Waals surface area contributed by atoms with E-state index in [9.17, 15) is 19.2 Å². The average Bonchev–Trinajstić information content (AvgIpc) is 3.26. The number of hydrogen-bond donors (Lipinski definition) is 5. The number of allylic oxidation sites excluding steroid dienone is 20. The fourth-order valence-electron chi connectivity index (χ4n) is 7.93. The van der Waals surface area contributed by atoms with Crippen molar-refractivity contribution in [1.82, 2.24) is 16.0 Å². The highest BCUT2D eigenvalue weighted by Gasteiger charge is 2.41. The number of nitrogens with two attached hydrogens (primary N) is 2. The van der Waals surface area contributed by atoms with Crippen LogP contribution in [0.4, 0.5) is 4.79 Å². The van der Waals surface area contributed by atoms with Crippen LogP contribution in [0.2, 0.25) is 0 Å². The standard InChI is InChI=1S/C56H85N5O6/c1-41(23-17-25-43(3)28-30-47-45(5)52(63)49(39-55(47,7)8)66-51(62)27-13-14-34-59-36-19-32-57)21-11-12-22-42(2)24-18-26-44(4)29-31-48-46(6)53(64)50(40-56(48,9)10)67-54(65)61-38-16-15-35-60-37-20-33-58/h11-12,17-18,21-26,28-31,49-50,59-60H,13-16,19-20,27,32-40,57-58H2,1-10H3,(H,61,65)/b12-11+,23-17+,24-18+,30-28+,31-29+,41-21+,42-22+,43-25+,44-26+. The van der Waals surface area contributed by atoms with Gasteiger partial charge in [0.2, 0.25) is 0 Å². The van der Waals surface area contributed by atoms with Crippen LogP contribution in [0.1, 0.15) is 127 Å². The van der Waals surface area contributed by atoms with Crippen LogP contribution < -0.4 is 27.4 Å². The van der Waals surface area contributed by atoms with E-state index in [-0.39, 0.29) is 28.4 Å². The Balaban J connectivity index is 1.89. The molecule has 0 aromatic rings. The number of amides is 1. The summed E-state index contributed by atoms with van der Waals surface area (Å²) < 4.78 is 11.3. The third-order valence-corrected chi connectivity index (χ3v) is 11.9. The van der Waals surface area contributed by atoms with E-state index in [1.807, 2.05) is 95.4 Å². The Morgan fingerprint density at radius 1 is 0.567 bits per heavy atom. The van der Waals surface area contributed by atoms with Gasteiger partial charge in [0.1, 0.15) is 0 Å². The number of ketones is 2. The third kappa shape index (κ3) is 22.6. The fourth-order valence-corrected chi connectivity index (χ4v) is 7.93. The molecule has 7 N–H and O–H groups in total. The number of carbonyl (C=O) groups excluding carboxylic acids is 4. The zero-order valence-corrected chi connectivity index (χ0v) is 42.7. The molecule has 0 aromatic heterocycles. The van der Waals surface area contributed by atoms with Crippen molar-refractivity contribution < 1.29 is 28.7 Å². The molecule has 1 amide bonds. The van der Waals surface area contributed by atoms with Crippen molar-refractivity contribution in [3.8, 4) is 0 Å². The summed E-state index contributed by atoms with van der Waals surface area (Å²) in [5, 5.41) is 9.42. The minimum Gasteiger partial charge on any atom is -0.454 e. The Bertz CT molecular complexity index is 2000. The number of unbranched alkanes of at least 4 members (excludes halogenated alkanes) is 2. The van der Waals surface area contributed by atoms with Gasteiger partial charge in [-0.1, -0.05) is 135 Å². The molecule has 0 bridgehead atoms. The van der Waals surface area contributed by atoms with Crippen molar-refractivity contribution in [2.24, 2.45) is 22.3 Å². The normalized spacial score (nSPS) is 19.9. The Kier molecular flexibility index (Phi) is 27.1. The van der Waals surface area contributed by atoms with Crippen molar-refractivity contribution >= 4 is 23.6 Å². The van der Waals surface area contributed by atoms with Gasteiger partial charge in [-0.3, -0.25) is 14.4 Å². The molecule has 0 heterocycles. The maximum absolute atomic E-state index is 13.3. The van der Waals surface area contributed by atoms with Crippen LogP contribution in [-0.2, 0) is 23.9 Å². The lowest BCUT2D eigenvalue weighted by Crippen LogP contribution is -2.41. The maximum atomic E-state index is 13.3. The van der Waals surface area contributed by atoms with Crippen molar-refractivity contribution in [1.29, 1.82) is 0 Å². The molecule has 0 aromatic carbocycles. The van der Waals surface area contributed by atoms with Gasteiger partial charge >= 0.3 is 12.1 Å². The lowest BCUT2D eigenvalue weighted by Gasteiger charge is -2.36. The molecule has 0 saturated carbocycles. The number of esters is 1. The fraction of sp³-hybridized carbons (Fsp3) is 0.536. The van der Waals surface area contributed by atoms with Gasteiger partial charge in [0.15, 0.2) is 23.8 Å². The van der Waals surface area contributed by atoms with E-state index in [2.05, 4.69) is 74.9 Å². The largest absolute Gasteiger partial charge is 0.454 e. The lowest BCUT2D eigenvalue weighted by atomic mass is 9.71. The molecule has 2 aliphatic rings. The summed E-state index contributed by atoms with van der Waals surface area (Å²) >= 11 is 0. The van der Waals surface area contributed by atoms with Crippen molar-refractivity contribution in [2.45, 2.75) is 139 Å². The summed E-state index contributed by atoms with van der Waals surface area (Å²) in [6, 6.07) is 0. The number of nitrogens with one attached hydrogen (secondary N) is 3. The molecule has 2 atom stereocenters. The molecule has 2 rings (SSSR count). The first-order valence-electron chi connectivity index (χ1n) is 24.4. The molecule has 0 spiro atoms. The second-order valence-corrected chi connectivity index (χ2v) is 19.1. The highest BCUT2D eigenvalue weighted by Crippen LogP contribution is 2.42. The molecule has 2 aliphatic carbocycles. The predicted octanol–water partition coefficient (Wildman–Crippen LogP) is 10.0. The molecule has 0 fully saturated rings. The van der Waals surface area contributed by atoms with E-state index < -0.39 is 18.3 Å². The second kappa shape index (κ2) is 31.2. The number of Topliss-reactive ketones (excluding diaryl/α,β-unsaturated/α-hetero) is 2. The van der Waals surface area contributed by atoms with Gasteiger partial charge in [0, 0.05) is 25.8 Å². The highest BCUT2D eigenvalue weighted by molar-refractivity contribution is 6.02. The summed E-state index contributed by atoms with van der Waals surface area (Å²) in [5.74, 6) is -0.587. The van der Waals surface area contributed by atoms with Crippen LogP contribution in [0.15, 0.2) is 130 Å². The smallest absolute Gasteiger partial charge is 0.407 e. The summed E-state index contributed by atoms with van der Waals surface area (Å²) in [6.45, 7) is 25.5. The molecular weight excluding hydrogens is 839 g/mol. The van der Waals surface area contributed by atoms with Crippen LogP contribution >= 0.6 is 0 Å². The van der Waals surface area contributed by atoms with Crippen molar-refractivity contribution in [3.63, 3.8) is 0 Å². The molecule has 370 valence electrons. The number of ether oxygens (including phenoxy) is 2. The zero-order valence-electron chi connectivity index (χ0n) is 42.7. The van der Waals surface area contributed by atoms with Crippen LogP contribution in [0, 0.1) is 10.8 Å². The van der Waals surface area contributed by atoms with Gasteiger partial charge in [-0.15, -0.1) is 0 Å². The van der Waals surface area contributed by atoms with Crippen molar-refractivity contribution in [2.75, 3.05) is 45.8 Å². The van der Waals surface area contributed by atoms with Crippen LogP contribution in [0.5, 0.6) is 0 Å². The summed E-state index contributed by atoms with van der Waals surface area (Å²) in [5.41, 5.74) is 17.8. The van der Waals surface area contributed by atoms with E-state index in [1.165, 1.54) is 0 Å². The van der Waals surface area contributed by atoms with E-state index in [1.54, 1.807) is 0 Å². The maximum Gasteiger partial charge on any atom is 0.407 e. The van der Waals surface area contributed by atoms with Gasteiger partial charge < -0.3 is 36.9 Å². The van der Waals surface area contributed by atoms with Gasteiger partial charge in [-0.2, -0.15) is 0 Å². The van der Waals surface area contributed by atoms with Gasteiger partial charge in [0.05, 0.1) is 0 Å². The molecule has 11 heteroatoms. The minimum atomic E-state index is -0.805. The van der Waals surface area contributed by atoms with E-state index in [0.717, 1.165) is 91.7 Å². The zero-order chi connectivity index (χ0) is 49.8. The number of rotatable bonds is 28. The van der Waals surface area contributed by atoms with Gasteiger partial charge in [0.25, 0.3) is 0 Å². The van der Waals surface area contributed by atoms with Crippen LogP contribution in [0.3, 0.4) is 0 Å². The Morgan fingerprint density at radius 2 is 0.955 bits per heavy atom. The molecule has 0 saturated heterocycles. The van der Waals surface area contributed by atoms with E-state index in [0.29, 0.717) is 56.5 Å². The molecule has 67 heavy (non-hydrogen) atoms. The Hall–Kier alpha value is -4.94. The molecule has 2 unspecified atom stereocenters. The first-order chi connectivity index (χ1) is 31.8. The summed E-state index contributed by atoms with van der Waals surface area (Å²) in [4.78, 5) is 51.6. The number of alkyl carbamates (subject to hydrolysis) is 1. The minimum absolute atomic E-state index is 0.118. The third-order valence-electron chi connectivity index (χ3n) is 11.9. The Morgan fingerprint density at radius 3 is 1.42 bits per heavy atom. The van der Waals surface area contributed by atoms with E-state index in [4.69, 9.17) is 20.9 Å². The lowest BCUT2D eigenvalue weighted by molar-refractivity contribution is -0.156. The van der Waals surface area contributed by atoms with Gasteiger partial charge in [-0.05, 0) is 152 Å². The first-order valence-corrected chi connectivity index (χ1v) is 24.4. The first kappa shape index (κ1) is 58.2. The number of hydrogen-bond acceptors (Lipinski definition) is 10. The quantitative estimate of drug-likeness (QED) is 0.0289. The van der Waals surface area contributed by atoms with Crippen molar-refractivity contribution in [3.05, 3.63) is 130 Å². The SMILES string of the molecule is CC1=C(/C=C/C(C)=C/C=C/C(C)=C/C=C/C=C(C)/C=C/C=C(C)/C=C/C2=C(C)C(=O)C(OC(=O)NCCCCNCCCN)CC2(C)C)C(C)(C)CC(OC(=O)CCCCNCCCN)C1=O. The molecule has 0 radical (unpaired) electrons. The van der Waals surface area contributed by atoms with Gasteiger partial charge in [-0.25, -0.2) is 4.79 Å². The number of carbonyl (C=O) groups is 4. The Labute approximate surface area is 403 Å². The van der Waals surface area contributed by atoms with Crippen LogP contribution in [0.25, 0.3) is 0 Å². The molecule has 11 nitrogen and oxygen atoms in total. The molecule has 0 aliphatic heterocycles. The second-order valence-electron chi connectivity index (χ2n) is 19.1. The summed E-state index contributed by atoms with van der Waals surface area (Å²) in [6.07, 6.45) is 32.7. The van der Waals surface area contributed by atoms with Crippen LogP contribution in [-0.4, -0.2) is 81.7 Å². The predicted molar refractivity (Wildman–Crippen MR) is 277 cm³/mol. The average molecular weight is 924 g/mol. The monoisotopic (exact) mass is 924 g/mol.